The summed E-state index contributed by atoms with van der Waals surface area (Å²) in [7, 11) is 0. The molecule has 0 spiro atoms. The van der Waals surface area contributed by atoms with Crippen LogP contribution in [0.15, 0.2) is 18.2 Å². The van der Waals surface area contributed by atoms with Gasteiger partial charge in [-0.3, -0.25) is 14.5 Å². The number of piperazine rings is 1. The van der Waals surface area contributed by atoms with Gasteiger partial charge < -0.3 is 5.32 Å². The van der Waals surface area contributed by atoms with Gasteiger partial charge in [0.1, 0.15) is 12.1 Å². The highest BCUT2D eigenvalue weighted by Crippen LogP contribution is 2.33. The third kappa shape index (κ3) is 2.63. The van der Waals surface area contributed by atoms with E-state index in [2.05, 4.69) is 5.32 Å². The molecule has 0 saturated carbocycles. The molecule has 1 aliphatic rings. The van der Waals surface area contributed by atoms with Gasteiger partial charge in [-0.2, -0.15) is 0 Å². The summed E-state index contributed by atoms with van der Waals surface area (Å²) in [4.78, 5) is 26.2. The molecular formula is C14H16Cl2N2O2. The van der Waals surface area contributed by atoms with E-state index in [1.54, 1.807) is 18.2 Å². The first-order valence-corrected chi connectivity index (χ1v) is 7.33. The number of nitrogens with one attached hydrogen (secondary N) is 1. The second kappa shape index (κ2) is 6.02. The molecule has 1 aliphatic heterocycles. The fourth-order valence-corrected chi connectivity index (χ4v) is 2.75. The van der Waals surface area contributed by atoms with E-state index < -0.39 is 12.1 Å². The third-order valence-electron chi connectivity index (χ3n) is 3.43. The number of hydrogen-bond donors (Lipinski definition) is 1. The van der Waals surface area contributed by atoms with Crippen LogP contribution in [-0.4, -0.2) is 23.9 Å². The van der Waals surface area contributed by atoms with Gasteiger partial charge >= 0.3 is 0 Å². The molecule has 1 aromatic carbocycles. The second-order valence-electron chi connectivity index (χ2n) is 4.70. The maximum atomic E-state index is 12.5. The fraction of sp³-hybridized carbons (Fsp3) is 0.429. The number of carbonyl (C=O) groups excluding carboxylic acids is 2. The molecule has 1 heterocycles. The van der Waals surface area contributed by atoms with E-state index in [4.69, 9.17) is 23.2 Å². The van der Waals surface area contributed by atoms with Crippen LogP contribution in [0.3, 0.4) is 0 Å². The fourth-order valence-electron chi connectivity index (χ4n) is 2.37. The van der Waals surface area contributed by atoms with Crippen LogP contribution < -0.4 is 10.2 Å². The lowest BCUT2D eigenvalue weighted by Gasteiger charge is -2.38. The van der Waals surface area contributed by atoms with Crippen molar-refractivity contribution in [3.63, 3.8) is 0 Å². The van der Waals surface area contributed by atoms with Crippen LogP contribution in [0.25, 0.3) is 0 Å². The summed E-state index contributed by atoms with van der Waals surface area (Å²) in [5.74, 6) is -0.307. The van der Waals surface area contributed by atoms with Crippen LogP contribution in [0.2, 0.25) is 10.0 Å². The minimum Gasteiger partial charge on any atom is -0.342 e. The van der Waals surface area contributed by atoms with Crippen molar-refractivity contribution in [2.24, 2.45) is 0 Å². The Morgan fingerprint density at radius 3 is 2.50 bits per heavy atom. The summed E-state index contributed by atoms with van der Waals surface area (Å²) in [5, 5.41) is 3.63. The smallest absolute Gasteiger partial charge is 0.250 e. The van der Waals surface area contributed by atoms with Crippen LogP contribution in [0.1, 0.15) is 26.7 Å². The van der Waals surface area contributed by atoms with Crippen molar-refractivity contribution in [2.45, 2.75) is 38.8 Å². The topological polar surface area (TPSA) is 49.4 Å². The van der Waals surface area contributed by atoms with Crippen LogP contribution in [0.4, 0.5) is 5.69 Å². The molecule has 6 heteroatoms. The summed E-state index contributed by atoms with van der Waals surface area (Å²) in [5.41, 5.74) is 0.490. The predicted molar refractivity (Wildman–Crippen MR) is 80.2 cm³/mol. The zero-order valence-electron chi connectivity index (χ0n) is 11.3. The maximum absolute atomic E-state index is 12.5. The third-order valence-corrected chi connectivity index (χ3v) is 3.98. The molecule has 1 aromatic rings. The van der Waals surface area contributed by atoms with E-state index in [1.807, 2.05) is 13.8 Å². The quantitative estimate of drug-likeness (QED) is 0.932. The number of benzene rings is 1. The Kier molecular flexibility index (Phi) is 4.55. The lowest BCUT2D eigenvalue weighted by Crippen LogP contribution is -2.63. The molecule has 108 valence electrons. The molecule has 0 aliphatic carbocycles. The molecule has 2 amide bonds. The van der Waals surface area contributed by atoms with E-state index in [0.717, 1.165) is 0 Å². The average molecular weight is 315 g/mol. The summed E-state index contributed by atoms with van der Waals surface area (Å²) in [6, 6.07) is 3.84. The van der Waals surface area contributed by atoms with Gasteiger partial charge in [0, 0.05) is 5.02 Å². The first kappa shape index (κ1) is 15.1. The highest BCUT2D eigenvalue weighted by molar-refractivity contribution is 6.36. The lowest BCUT2D eigenvalue weighted by atomic mass is 10.0. The summed E-state index contributed by atoms with van der Waals surface area (Å²) in [6.07, 6.45) is 1.05. The predicted octanol–water partition coefficient (Wildman–Crippen LogP) is 3.01. The van der Waals surface area contributed by atoms with Gasteiger partial charge in [0.05, 0.1) is 10.7 Å². The monoisotopic (exact) mass is 314 g/mol. The summed E-state index contributed by atoms with van der Waals surface area (Å²) >= 11 is 12.2. The summed E-state index contributed by atoms with van der Waals surface area (Å²) in [6.45, 7) is 3.71. The molecule has 2 atom stereocenters. The average Bonchev–Trinajstić information content (AvgIpc) is 2.43. The SMILES string of the molecule is CCC1NC(=O)C(CC)N(c2cc(Cl)ccc2Cl)C1=O. The molecule has 1 saturated heterocycles. The van der Waals surface area contributed by atoms with Gasteiger partial charge in [-0.05, 0) is 31.0 Å². The highest BCUT2D eigenvalue weighted by Gasteiger charge is 2.40. The van der Waals surface area contributed by atoms with Crippen molar-refractivity contribution < 1.29 is 9.59 Å². The lowest BCUT2D eigenvalue weighted by molar-refractivity contribution is -0.134. The molecule has 0 bridgehead atoms. The molecule has 1 fully saturated rings. The standard InChI is InChI=1S/C14H16Cl2N2O2/c1-3-10-14(20)18(11(4-2)13(19)17-10)12-7-8(15)5-6-9(12)16/h5-7,10-11H,3-4H2,1-2H3,(H,17,19). The molecule has 0 radical (unpaired) electrons. The summed E-state index contributed by atoms with van der Waals surface area (Å²) < 4.78 is 0. The van der Waals surface area contributed by atoms with Crippen molar-refractivity contribution in [2.75, 3.05) is 4.90 Å². The van der Waals surface area contributed by atoms with Gasteiger partial charge in [0.15, 0.2) is 0 Å². The van der Waals surface area contributed by atoms with E-state index in [-0.39, 0.29) is 11.8 Å². The van der Waals surface area contributed by atoms with Crippen molar-refractivity contribution in [3.05, 3.63) is 28.2 Å². The van der Waals surface area contributed by atoms with E-state index in [9.17, 15) is 9.59 Å². The molecule has 0 aromatic heterocycles. The van der Waals surface area contributed by atoms with Gasteiger partial charge in [-0.15, -0.1) is 0 Å². The molecule has 1 N–H and O–H groups in total. The number of anilines is 1. The van der Waals surface area contributed by atoms with Gasteiger partial charge in [-0.1, -0.05) is 37.0 Å². The molecular weight excluding hydrogens is 299 g/mol. The van der Waals surface area contributed by atoms with Crippen molar-refractivity contribution in [1.29, 1.82) is 0 Å². The molecule has 2 rings (SSSR count). The van der Waals surface area contributed by atoms with Crippen molar-refractivity contribution >= 4 is 40.7 Å². The molecule has 4 nitrogen and oxygen atoms in total. The van der Waals surface area contributed by atoms with Crippen molar-refractivity contribution in [3.8, 4) is 0 Å². The van der Waals surface area contributed by atoms with E-state index >= 15 is 0 Å². The zero-order valence-corrected chi connectivity index (χ0v) is 12.8. The number of rotatable bonds is 3. The Bertz CT molecular complexity index is 548. The molecule has 20 heavy (non-hydrogen) atoms. The van der Waals surface area contributed by atoms with E-state index in [0.29, 0.717) is 28.6 Å². The minimum absolute atomic E-state index is 0.150. The van der Waals surface area contributed by atoms with Crippen LogP contribution in [0.5, 0.6) is 0 Å². The van der Waals surface area contributed by atoms with E-state index in [1.165, 1.54) is 4.90 Å². The van der Waals surface area contributed by atoms with Gasteiger partial charge in [0.25, 0.3) is 0 Å². The van der Waals surface area contributed by atoms with Crippen LogP contribution in [0, 0.1) is 0 Å². The normalized spacial score (nSPS) is 22.9. The Labute approximate surface area is 128 Å². The number of amides is 2. The van der Waals surface area contributed by atoms with Crippen LogP contribution >= 0.6 is 23.2 Å². The molecule has 2 unspecified atom stereocenters. The minimum atomic E-state index is -0.554. The Hall–Kier alpha value is -1.26. The largest absolute Gasteiger partial charge is 0.342 e. The Balaban J connectivity index is 2.50. The number of carbonyl (C=O) groups is 2. The van der Waals surface area contributed by atoms with Crippen LogP contribution in [-0.2, 0) is 9.59 Å². The first-order valence-electron chi connectivity index (χ1n) is 6.58. The maximum Gasteiger partial charge on any atom is 0.250 e. The van der Waals surface area contributed by atoms with Crippen molar-refractivity contribution in [1.82, 2.24) is 5.32 Å². The van der Waals surface area contributed by atoms with Gasteiger partial charge in [0.2, 0.25) is 11.8 Å². The Morgan fingerprint density at radius 2 is 1.90 bits per heavy atom. The first-order chi connectivity index (χ1) is 9.49. The Morgan fingerprint density at radius 1 is 1.20 bits per heavy atom. The number of hydrogen-bond acceptors (Lipinski definition) is 2. The number of halogens is 2. The second-order valence-corrected chi connectivity index (χ2v) is 5.54. The highest BCUT2D eigenvalue weighted by atomic mass is 35.5. The van der Waals surface area contributed by atoms with Gasteiger partial charge in [-0.25, -0.2) is 0 Å². The zero-order chi connectivity index (χ0) is 14.9. The number of nitrogens with zero attached hydrogens (tertiary/aromatic N) is 1.